The Labute approximate surface area is 175 Å². The van der Waals surface area contributed by atoms with E-state index in [0.29, 0.717) is 5.69 Å². The summed E-state index contributed by atoms with van der Waals surface area (Å²) in [7, 11) is 0.811. The summed E-state index contributed by atoms with van der Waals surface area (Å²) < 4.78 is 33.9. The van der Waals surface area contributed by atoms with Crippen LogP contribution in [0, 0.1) is 12.7 Å². The Bertz CT molecular complexity index is 919. The number of halogens is 1. The van der Waals surface area contributed by atoms with Gasteiger partial charge in [0, 0.05) is 10.6 Å². The molecule has 1 aliphatic heterocycles. The van der Waals surface area contributed by atoms with Gasteiger partial charge in [-0.05, 0) is 81.9 Å². The van der Waals surface area contributed by atoms with Crippen LogP contribution in [-0.4, -0.2) is 31.4 Å². The number of hydrogen-bond acceptors (Lipinski definition) is 6. The van der Waals surface area contributed by atoms with E-state index in [0.717, 1.165) is 15.9 Å². The van der Waals surface area contributed by atoms with Crippen LogP contribution in [0.1, 0.15) is 43.6 Å². The molecule has 5 nitrogen and oxygen atoms in total. The second-order valence-corrected chi connectivity index (χ2v) is 8.85. The molecule has 8 heteroatoms. The van der Waals surface area contributed by atoms with Gasteiger partial charge in [0.1, 0.15) is 5.82 Å². The first-order valence-corrected chi connectivity index (χ1v) is 10.1. The number of carbonyl (C=O) groups is 1. The van der Waals surface area contributed by atoms with Crippen molar-refractivity contribution in [2.75, 3.05) is 11.8 Å². The van der Waals surface area contributed by atoms with Crippen LogP contribution in [-0.2, 0) is 14.0 Å². The van der Waals surface area contributed by atoms with Crippen LogP contribution in [0.2, 0.25) is 0 Å². The number of hydrogen-bond donors (Lipinski definition) is 1. The van der Waals surface area contributed by atoms with Gasteiger partial charge in [0.15, 0.2) is 0 Å². The van der Waals surface area contributed by atoms with Crippen LogP contribution in [0.3, 0.4) is 0 Å². The van der Waals surface area contributed by atoms with E-state index in [1.165, 1.54) is 31.2 Å². The molecule has 0 bridgehead atoms. The molecule has 1 saturated heterocycles. The van der Waals surface area contributed by atoms with E-state index in [1.54, 1.807) is 6.07 Å². The number of aryl methyl sites for hydroxylation is 1. The van der Waals surface area contributed by atoms with Gasteiger partial charge in [0.2, 0.25) is 0 Å². The van der Waals surface area contributed by atoms with Crippen LogP contribution < -0.4 is 10.2 Å². The molecule has 0 radical (unpaired) electrons. The summed E-state index contributed by atoms with van der Waals surface area (Å²) in [4.78, 5) is 12.5. The minimum absolute atomic E-state index is 0.0917. The van der Waals surface area contributed by atoms with E-state index in [-0.39, 0.29) is 16.8 Å². The standard InChI is InChI=1S/C21H25BFNO4S/c1-13-11-14(22-27-20(2,3)21(4,5)28-22)7-10-18(13)29-24-15-8-9-16(17(23)12-15)19(25)26-6/h7-12,24H,1-6H3. The van der Waals surface area contributed by atoms with E-state index in [9.17, 15) is 9.18 Å². The van der Waals surface area contributed by atoms with Crippen molar-refractivity contribution in [2.24, 2.45) is 0 Å². The molecule has 2 aromatic rings. The summed E-state index contributed by atoms with van der Waals surface area (Å²) in [6, 6.07) is 10.3. The maximum atomic E-state index is 14.1. The van der Waals surface area contributed by atoms with E-state index in [1.807, 2.05) is 52.8 Å². The van der Waals surface area contributed by atoms with Gasteiger partial charge in [-0.15, -0.1) is 0 Å². The fourth-order valence-corrected chi connectivity index (χ4v) is 3.59. The molecule has 1 fully saturated rings. The highest BCUT2D eigenvalue weighted by molar-refractivity contribution is 8.00. The molecule has 1 heterocycles. The summed E-state index contributed by atoms with van der Waals surface area (Å²) in [6.07, 6.45) is 0. The minimum Gasteiger partial charge on any atom is -0.465 e. The van der Waals surface area contributed by atoms with Crippen LogP contribution in [0.4, 0.5) is 10.1 Å². The van der Waals surface area contributed by atoms with E-state index in [2.05, 4.69) is 9.46 Å². The molecule has 29 heavy (non-hydrogen) atoms. The Balaban J connectivity index is 1.69. The Kier molecular flexibility index (Phi) is 5.99. The zero-order valence-corrected chi connectivity index (χ0v) is 18.3. The second kappa shape index (κ2) is 8.01. The summed E-state index contributed by atoms with van der Waals surface area (Å²) in [5, 5.41) is 0. The van der Waals surface area contributed by atoms with Crippen molar-refractivity contribution in [2.45, 2.75) is 50.7 Å². The van der Waals surface area contributed by atoms with Gasteiger partial charge in [-0.25, -0.2) is 9.18 Å². The molecule has 1 N–H and O–H groups in total. The van der Waals surface area contributed by atoms with Gasteiger partial charge in [0.25, 0.3) is 0 Å². The van der Waals surface area contributed by atoms with Crippen molar-refractivity contribution in [3.05, 3.63) is 53.3 Å². The third kappa shape index (κ3) is 4.44. The zero-order valence-electron chi connectivity index (χ0n) is 17.5. The lowest BCUT2D eigenvalue weighted by molar-refractivity contribution is 0.00578. The molecule has 3 rings (SSSR count). The number of ether oxygens (including phenoxy) is 1. The normalized spacial score (nSPS) is 17.3. The first-order valence-electron chi connectivity index (χ1n) is 9.31. The van der Waals surface area contributed by atoms with E-state index < -0.39 is 18.9 Å². The molecular formula is C21H25BFNO4S. The van der Waals surface area contributed by atoms with Crippen LogP contribution >= 0.6 is 11.9 Å². The SMILES string of the molecule is COC(=O)c1ccc(NSc2ccc(B3OC(C)(C)C(C)(C)O3)cc2C)cc1F. The first-order chi connectivity index (χ1) is 13.5. The van der Waals surface area contributed by atoms with E-state index >= 15 is 0 Å². The molecule has 2 aromatic carbocycles. The van der Waals surface area contributed by atoms with Crippen molar-refractivity contribution in [3.63, 3.8) is 0 Å². The smallest absolute Gasteiger partial charge is 0.465 e. The van der Waals surface area contributed by atoms with Crippen molar-refractivity contribution in [1.29, 1.82) is 0 Å². The second-order valence-electron chi connectivity index (χ2n) is 8.00. The Morgan fingerprint density at radius 1 is 1.10 bits per heavy atom. The molecule has 154 valence electrons. The van der Waals surface area contributed by atoms with Gasteiger partial charge in [-0.3, -0.25) is 0 Å². The molecule has 0 unspecified atom stereocenters. The molecule has 0 aromatic heterocycles. The van der Waals surface area contributed by atoms with E-state index in [4.69, 9.17) is 9.31 Å². The third-order valence-corrected chi connectivity index (χ3v) is 6.39. The van der Waals surface area contributed by atoms with Gasteiger partial charge in [0.05, 0.1) is 23.9 Å². The molecule has 0 spiro atoms. The molecular weight excluding hydrogens is 392 g/mol. The number of rotatable bonds is 5. The number of methoxy groups -OCH3 is 1. The highest BCUT2D eigenvalue weighted by atomic mass is 32.2. The lowest BCUT2D eigenvalue weighted by Crippen LogP contribution is -2.41. The quantitative estimate of drug-likeness (QED) is 0.444. The third-order valence-electron chi connectivity index (χ3n) is 5.38. The maximum absolute atomic E-state index is 14.1. The van der Waals surface area contributed by atoms with Gasteiger partial charge in [-0.1, -0.05) is 12.1 Å². The first kappa shape index (κ1) is 21.7. The summed E-state index contributed by atoms with van der Waals surface area (Å²) in [5.74, 6) is -1.33. The Morgan fingerprint density at radius 2 is 1.76 bits per heavy atom. The largest absolute Gasteiger partial charge is 0.494 e. The number of esters is 1. The summed E-state index contributed by atoms with van der Waals surface area (Å²) >= 11 is 1.37. The number of benzene rings is 2. The molecule has 0 amide bonds. The number of anilines is 1. The molecule has 1 aliphatic rings. The monoisotopic (exact) mass is 417 g/mol. The summed E-state index contributed by atoms with van der Waals surface area (Å²) in [5.41, 5.74) is 1.68. The molecule has 0 saturated carbocycles. The van der Waals surface area contributed by atoms with Crippen molar-refractivity contribution in [1.82, 2.24) is 0 Å². The Hall–Kier alpha value is -2.03. The highest BCUT2D eigenvalue weighted by Crippen LogP contribution is 2.36. The predicted molar refractivity (Wildman–Crippen MR) is 114 cm³/mol. The minimum atomic E-state index is -0.698. The topological polar surface area (TPSA) is 56.8 Å². The fraction of sp³-hybridized carbons (Fsp3) is 0.381. The van der Waals surface area contributed by atoms with Crippen LogP contribution in [0.15, 0.2) is 41.3 Å². The number of nitrogens with one attached hydrogen (secondary N) is 1. The molecule has 0 atom stereocenters. The molecule has 0 aliphatic carbocycles. The van der Waals surface area contributed by atoms with Crippen molar-refractivity contribution in [3.8, 4) is 0 Å². The van der Waals surface area contributed by atoms with Gasteiger partial charge < -0.3 is 18.8 Å². The summed E-state index contributed by atoms with van der Waals surface area (Å²) in [6.45, 7) is 10.1. The zero-order chi connectivity index (χ0) is 21.4. The predicted octanol–water partition coefficient (Wildman–Crippen LogP) is 4.34. The fourth-order valence-electron chi connectivity index (χ4n) is 2.88. The van der Waals surface area contributed by atoms with Crippen LogP contribution in [0.5, 0.6) is 0 Å². The van der Waals surface area contributed by atoms with Crippen molar-refractivity contribution < 1.29 is 23.2 Å². The lowest BCUT2D eigenvalue weighted by Gasteiger charge is -2.32. The average Bonchev–Trinajstić information content (AvgIpc) is 2.87. The highest BCUT2D eigenvalue weighted by Gasteiger charge is 2.51. The average molecular weight is 417 g/mol. The lowest BCUT2D eigenvalue weighted by atomic mass is 9.78. The van der Waals surface area contributed by atoms with Crippen molar-refractivity contribution >= 4 is 36.2 Å². The van der Waals surface area contributed by atoms with Crippen LogP contribution in [0.25, 0.3) is 0 Å². The van der Waals surface area contributed by atoms with Gasteiger partial charge in [-0.2, -0.15) is 0 Å². The Morgan fingerprint density at radius 3 is 2.31 bits per heavy atom. The number of carbonyl (C=O) groups excluding carboxylic acids is 1. The maximum Gasteiger partial charge on any atom is 0.494 e. The van der Waals surface area contributed by atoms with Gasteiger partial charge >= 0.3 is 13.1 Å².